The number of piperazine rings is 1. The smallest absolute Gasteiger partial charge is 0.245 e. The molecule has 0 aromatic heterocycles. The summed E-state index contributed by atoms with van der Waals surface area (Å²) in [6.07, 6.45) is 7.88. The third-order valence-electron chi connectivity index (χ3n) is 6.93. The van der Waals surface area contributed by atoms with Crippen molar-refractivity contribution in [1.82, 2.24) is 25.1 Å². The van der Waals surface area contributed by atoms with Gasteiger partial charge >= 0.3 is 0 Å². The van der Waals surface area contributed by atoms with Gasteiger partial charge in [-0.05, 0) is 41.7 Å². The molecule has 0 saturated carbocycles. The molecule has 2 amide bonds. The fourth-order valence-corrected chi connectivity index (χ4v) is 5.52. The maximum absolute atomic E-state index is 13.6. The van der Waals surface area contributed by atoms with E-state index in [0.29, 0.717) is 45.9 Å². The van der Waals surface area contributed by atoms with Crippen LogP contribution >= 0.6 is 11.8 Å². The highest BCUT2D eigenvalue weighted by molar-refractivity contribution is 7.98. The van der Waals surface area contributed by atoms with E-state index in [-0.39, 0.29) is 36.9 Å². The summed E-state index contributed by atoms with van der Waals surface area (Å²) in [5.74, 6) is 2.98. The molecule has 0 radical (unpaired) electrons. The minimum atomic E-state index is -0.545. The fraction of sp³-hybridized carbons (Fsp3) is 0.448. The molecule has 2 saturated heterocycles. The molecular weight excluding hydrogens is 517 g/mol. The molecule has 0 unspecified atom stereocenters. The molecule has 0 bridgehead atoms. The second-order valence-electron chi connectivity index (χ2n) is 9.58. The van der Waals surface area contributed by atoms with Gasteiger partial charge in [-0.3, -0.25) is 14.9 Å². The monoisotopic (exact) mass is 553 g/mol. The van der Waals surface area contributed by atoms with Crippen molar-refractivity contribution in [3.63, 3.8) is 0 Å². The number of hydrogen-bond acceptors (Lipinski definition) is 7. The van der Waals surface area contributed by atoms with Crippen LogP contribution in [0.15, 0.2) is 54.6 Å². The Labute approximate surface area is 234 Å². The lowest BCUT2D eigenvalue weighted by Gasteiger charge is -2.55. The van der Waals surface area contributed by atoms with E-state index in [1.54, 1.807) is 33.7 Å². The Morgan fingerprint density at radius 1 is 1.15 bits per heavy atom. The topological polar surface area (TPSA) is 68.4 Å². The standard InChI is InChI=1S/C29H36FN5O3S/c1-3-13-33-20-28(36)35-26(12-16-39-2)29(37)32(14-15-38-21-24-10-7-11-25(30)17-24)19-27(35)34(33)22-31-18-23-8-5-4-6-9-23/h1,4-11,17,26-27,31H,12-16,18-22H2,2H3/t26-,27+/m0/s1. The zero-order chi connectivity index (χ0) is 27.6. The summed E-state index contributed by atoms with van der Waals surface area (Å²) >= 11 is 1.65. The lowest BCUT2D eigenvalue weighted by atomic mass is 10.0. The van der Waals surface area contributed by atoms with Gasteiger partial charge in [0, 0.05) is 13.1 Å². The van der Waals surface area contributed by atoms with E-state index < -0.39 is 6.04 Å². The van der Waals surface area contributed by atoms with Gasteiger partial charge in [-0.2, -0.15) is 11.8 Å². The van der Waals surface area contributed by atoms with Gasteiger partial charge in [-0.25, -0.2) is 14.4 Å². The average molecular weight is 554 g/mol. The average Bonchev–Trinajstić information content (AvgIpc) is 2.93. The number of hydrogen-bond donors (Lipinski definition) is 1. The van der Waals surface area contributed by atoms with E-state index in [1.165, 1.54) is 12.1 Å². The Morgan fingerprint density at radius 3 is 2.69 bits per heavy atom. The molecule has 0 aliphatic carbocycles. The van der Waals surface area contributed by atoms with E-state index in [1.807, 2.05) is 29.5 Å². The Bertz CT molecular complexity index is 1150. The van der Waals surface area contributed by atoms with Gasteiger partial charge in [0.25, 0.3) is 0 Å². The molecule has 0 spiro atoms. The van der Waals surface area contributed by atoms with Crippen molar-refractivity contribution < 1.29 is 18.7 Å². The van der Waals surface area contributed by atoms with Crippen LogP contribution in [0.4, 0.5) is 4.39 Å². The minimum Gasteiger partial charge on any atom is -0.375 e. The van der Waals surface area contributed by atoms with Gasteiger partial charge in [0.05, 0.1) is 39.5 Å². The number of fused-ring (bicyclic) bond motifs is 1. The molecule has 208 valence electrons. The highest BCUT2D eigenvalue weighted by Gasteiger charge is 2.49. The molecule has 2 fully saturated rings. The van der Waals surface area contributed by atoms with Crippen LogP contribution in [-0.2, 0) is 27.5 Å². The van der Waals surface area contributed by atoms with Crippen molar-refractivity contribution in [2.75, 3.05) is 51.5 Å². The quantitative estimate of drug-likeness (QED) is 0.302. The highest BCUT2D eigenvalue weighted by atomic mass is 32.2. The zero-order valence-electron chi connectivity index (χ0n) is 22.3. The summed E-state index contributed by atoms with van der Waals surface area (Å²) in [6.45, 7) is 2.85. The number of amides is 2. The zero-order valence-corrected chi connectivity index (χ0v) is 23.1. The SMILES string of the molecule is C#CCN1CC(=O)N2[C@@H](CCSC)C(=O)N(CCOCc3cccc(F)c3)C[C@@H]2N1CNCc1ccccc1. The predicted molar refractivity (Wildman–Crippen MR) is 150 cm³/mol. The van der Waals surface area contributed by atoms with Gasteiger partial charge in [0.1, 0.15) is 18.0 Å². The highest BCUT2D eigenvalue weighted by Crippen LogP contribution is 2.28. The first-order valence-electron chi connectivity index (χ1n) is 13.1. The second-order valence-corrected chi connectivity index (χ2v) is 10.6. The number of rotatable bonds is 13. The van der Waals surface area contributed by atoms with E-state index in [0.717, 1.165) is 16.9 Å². The van der Waals surface area contributed by atoms with Crippen LogP contribution in [0.25, 0.3) is 0 Å². The maximum Gasteiger partial charge on any atom is 0.245 e. The van der Waals surface area contributed by atoms with E-state index in [2.05, 4.69) is 28.4 Å². The van der Waals surface area contributed by atoms with Gasteiger partial charge in [-0.1, -0.05) is 48.4 Å². The molecule has 10 heteroatoms. The lowest BCUT2D eigenvalue weighted by Crippen LogP contribution is -2.75. The van der Waals surface area contributed by atoms with E-state index in [9.17, 15) is 14.0 Å². The van der Waals surface area contributed by atoms with Crippen molar-refractivity contribution in [3.05, 3.63) is 71.5 Å². The molecule has 2 atom stereocenters. The molecule has 4 rings (SSSR count). The fourth-order valence-electron chi connectivity index (χ4n) is 5.06. The number of ether oxygens (including phenoxy) is 1. The van der Waals surface area contributed by atoms with Crippen LogP contribution in [0.1, 0.15) is 17.5 Å². The van der Waals surface area contributed by atoms with Crippen LogP contribution < -0.4 is 5.32 Å². The summed E-state index contributed by atoms with van der Waals surface area (Å²) in [6, 6.07) is 15.8. The predicted octanol–water partition coefficient (Wildman–Crippen LogP) is 2.37. The molecular formula is C29H36FN5O3S. The van der Waals surface area contributed by atoms with Crippen LogP contribution in [0.5, 0.6) is 0 Å². The van der Waals surface area contributed by atoms with Crippen LogP contribution in [0, 0.1) is 18.2 Å². The molecule has 2 aromatic rings. The van der Waals surface area contributed by atoms with Gasteiger partial charge in [0.15, 0.2) is 0 Å². The van der Waals surface area contributed by atoms with Crippen molar-refractivity contribution in [1.29, 1.82) is 0 Å². The van der Waals surface area contributed by atoms with Crippen LogP contribution in [-0.4, -0.2) is 95.3 Å². The number of carbonyl (C=O) groups is 2. The number of thioether (sulfide) groups is 1. The van der Waals surface area contributed by atoms with Crippen LogP contribution in [0.2, 0.25) is 0 Å². The molecule has 2 aromatic carbocycles. The summed E-state index contributed by atoms with van der Waals surface area (Å²) in [5.41, 5.74) is 1.89. The number of hydrazine groups is 1. The molecule has 8 nitrogen and oxygen atoms in total. The Hall–Kier alpha value is -2.94. The molecule has 2 aliphatic rings. The summed E-state index contributed by atoms with van der Waals surface area (Å²) in [5, 5.41) is 7.46. The number of nitrogens with one attached hydrogen (secondary N) is 1. The van der Waals surface area contributed by atoms with Crippen LogP contribution in [0.3, 0.4) is 0 Å². The summed E-state index contributed by atoms with van der Waals surface area (Å²) in [4.78, 5) is 30.5. The Morgan fingerprint density at radius 2 is 1.95 bits per heavy atom. The number of halogens is 1. The lowest BCUT2D eigenvalue weighted by molar-refractivity contribution is -0.203. The molecule has 2 heterocycles. The first-order valence-corrected chi connectivity index (χ1v) is 14.5. The van der Waals surface area contributed by atoms with Gasteiger partial charge in [0.2, 0.25) is 11.8 Å². The van der Waals surface area contributed by atoms with E-state index in [4.69, 9.17) is 11.2 Å². The minimum absolute atomic E-state index is 0.0643. The van der Waals surface area contributed by atoms with Crippen molar-refractivity contribution in [3.8, 4) is 12.3 Å². The summed E-state index contributed by atoms with van der Waals surface area (Å²) < 4.78 is 19.3. The van der Waals surface area contributed by atoms with Crippen molar-refractivity contribution >= 4 is 23.6 Å². The third kappa shape index (κ3) is 7.59. The van der Waals surface area contributed by atoms with Crippen molar-refractivity contribution in [2.45, 2.75) is 31.8 Å². The van der Waals surface area contributed by atoms with Gasteiger partial charge in [-0.15, -0.1) is 6.42 Å². The number of benzene rings is 2. The molecule has 1 N–H and O–H groups in total. The van der Waals surface area contributed by atoms with E-state index >= 15 is 0 Å². The normalized spacial score (nSPS) is 20.2. The second kappa shape index (κ2) is 14.4. The first-order chi connectivity index (χ1) is 19.0. The number of nitrogens with zero attached hydrogens (tertiary/aromatic N) is 4. The summed E-state index contributed by atoms with van der Waals surface area (Å²) in [7, 11) is 0. The largest absolute Gasteiger partial charge is 0.375 e. The Kier molecular flexibility index (Phi) is 10.8. The molecule has 39 heavy (non-hydrogen) atoms. The molecule has 2 aliphatic heterocycles. The number of terminal acetylenes is 1. The first kappa shape index (κ1) is 29.1. The van der Waals surface area contributed by atoms with Crippen molar-refractivity contribution in [2.24, 2.45) is 0 Å². The number of carbonyl (C=O) groups excluding carboxylic acids is 2. The maximum atomic E-state index is 13.6. The Balaban J connectivity index is 1.47. The third-order valence-corrected chi connectivity index (χ3v) is 7.57. The van der Waals surface area contributed by atoms with Gasteiger partial charge < -0.3 is 14.5 Å².